The number of amides is 1. The highest BCUT2D eigenvalue weighted by atomic mass is 32.2. The molecule has 0 aliphatic rings. The minimum Gasteiger partial charge on any atom is -0.480 e. The molecule has 0 saturated carbocycles. The van der Waals surface area contributed by atoms with Gasteiger partial charge < -0.3 is 10.0 Å². The van der Waals surface area contributed by atoms with Crippen LogP contribution >= 0.6 is 11.8 Å². The Hall–Kier alpha value is -1.75. The molecule has 0 aliphatic carbocycles. The first kappa shape index (κ1) is 17.3. The van der Waals surface area contributed by atoms with Gasteiger partial charge in [-0.3, -0.25) is 9.59 Å². The molecule has 0 heterocycles. The molecule has 1 rings (SSSR count). The van der Waals surface area contributed by atoms with Gasteiger partial charge in [0.15, 0.2) is 0 Å². The lowest BCUT2D eigenvalue weighted by Crippen LogP contribution is -2.35. The number of carbonyl (C=O) groups is 2. The molecule has 1 aromatic carbocycles. The summed E-state index contributed by atoms with van der Waals surface area (Å²) in [5, 5.41) is 8.79. The Morgan fingerprint density at radius 2 is 2.05 bits per heavy atom. The molecular formula is C16H21NO3S. The maximum Gasteiger partial charge on any atom is 0.323 e. The van der Waals surface area contributed by atoms with Crippen LogP contribution in [-0.2, 0) is 9.59 Å². The number of benzene rings is 1. The number of carboxylic acid groups (broad SMARTS) is 1. The Balaban J connectivity index is 2.48. The van der Waals surface area contributed by atoms with Gasteiger partial charge in [-0.25, -0.2) is 0 Å². The molecule has 1 aromatic rings. The number of hydrogen-bond acceptors (Lipinski definition) is 3. The average Bonchev–Trinajstić information content (AvgIpc) is 2.41. The van der Waals surface area contributed by atoms with Crippen molar-refractivity contribution < 1.29 is 14.7 Å². The minimum atomic E-state index is -1.01. The molecule has 0 unspecified atom stereocenters. The summed E-state index contributed by atoms with van der Waals surface area (Å²) in [6.45, 7) is 7.65. The number of hydrogen-bond donors (Lipinski definition) is 1. The summed E-state index contributed by atoms with van der Waals surface area (Å²) in [5.74, 6) is -0.533. The highest BCUT2D eigenvalue weighted by Crippen LogP contribution is 2.21. The molecule has 114 valence electrons. The number of rotatable bonds is 8. The Bertz CT molecular complexity index is 528. The van der Waals surface area contributed by atoms with Gasteiger partial charge in [-0.05, 0) is 37.1 Å². The van der Waals surface area contributed by atoms with Gasteiger partial charge in [0.2, 0.25) is 5.91 Å². The van der Waals surface area contributed by atoms with E-state index in [1.807, 2.05) is 6.07 Å². The van der Waals surface area contributed by atoms with E-state index < -0.39 is 5.97 Å². The van der Waals surface area contributed by atoms with Crippen molar-refractivity contribution in [2.24, 2.45) is 0 Å². The van der Waals surface area contributed by atoms with E-state index in [0.29, 0.717) is 12.2 Å². The van der Waals surface area contributed by atoms with E-state index in [4.69, 9.17) is 5.11 Å². The standard InChI is InChI=1S/C16H21NO3S/c1-4-8-17(11-16(19)20)15(18)7-9-21-14-6-5-12(2)13(3)10-14/h4-6,10H,1,7-9,11H2,2-3H3,(H,19,20). The van der Waals surface area contributed by atoms with Crippen molar-refractivity contribution in [2.45, 2.75) is 25.2 Å². The molecule has 1 N–H and O–H groups in total. The summed E-state index contributed by atoms with van der Waals surface area (Å²) in [7, 11) is 0. The van der Waals surface area contributed by atoms with Gasteiger partial charge in [-0.15, -0.1) is 18.3 Å². The van der Waals surface area contributed by atoms with Crippen LogP contribution in [0.5, 0.6) is 0 Å². The molecule has 0 saturated heterocycles. The van der Waals surface area contributed by atoms with Crippen molar-refractivity contribution >= 4 is 23.6 Å². The lowest BCUT2D eigenvalue weighted by Gasteiger charge is -2.18. The summed E-state index contributed by atoms with van der Waals surface area (Å²) in [4.78, 5) is 25.1. The number of aryl methyl sites for hydroxylation is 2. The van der Waals surface area contributed by atoms with Gasteiger partial charge in [0.05, 0.1) is 0 Å². The van der Waals surface area contributed by atoms with E-state index in [9.17, 15) is 9.59 Å². The zero-order chi connectivity index (χ0) is 15.8. The fourth-order valence-corrected chi connectivity index (χ4v) is 2.73. The van der Waals surface area contributed by atoms with Crippen molar-refractivity contribution in [1.82, 2.24) is 4.90 Å². The maximum atomic E-state index is 12.0. The van der Waals surface area contributed by atoms with Gasteiger partial charge in [-0.1, -0.05) is 12.1 Å². The molecule has 0 aromatic heterocycles. The van der Waals surface area contributed by atoms with E-state index in [2.05, 4.69) is 32.6 Å². The quantitative estimate of drug-likeness (QED) is 0.592. The van der Waals surface area contributed by atoms with E-state index in [-0.39, 0.29) is 19.0 Å². The second-order valence-corrected chi connectivity index (χ2v) is 5.97. The first-order valence-corrected chi connectivity index (χ1v) is 7.73. The van der Waals surface area contributed by atoms with Crippen LogP contribution in [0, 0.1) is 13.8 Å². The first-order chi connectivity index (χ1) is 9.93. The molecule has 0 aliphatic heterocycles. The lowest BCUT2D eigenvalue weighted by molar-refractivity contribution is -0.143. The number of nitrogens with zero attached hydrogens (tertiary/aromatic N) is 1. The predicted molar refractivity (Wildman–Crippen MR) is 85.7 cm³/mol. The molecule has 5 heteroatoms. The van der Waals surface area contributed by atoms with Crippen LogP contribution in [0.3, 0.4) is 0 Å². The van der Waals surface area contributed by atoms with Gasteiger partial charge >= 0.3 is 5.97 Å². The third-order valence-electron chi connectivity index (χ3n) is 3.09. The second-order valence-electron chi connectivity index (χ2n) is 4.80. The zero-order valence-corrected chi connectivity index (χ0v) is 13.3. The molecule has 4 nitrogen and oxygen atoms in total. The van der Waals surface area contributed by atoms with Crippen molar-refractivity contribution in [3.05, 3.63) is 42.0 Å². The molecule has 0 bridgehead atoms. The number of carboxylic acids is 1. The first-order valence-electron chi connectivity index (χ1n) is 6.74. The molecular weight excluding hydrogens is 286 g/mol. The minimum absolute atomic E-state index is 0.159. The van der Waals surface area contributed by atoms with Crippen LogP contribution in [0.1, 0.15) is 17.5 Å². The topological polar surface area (TPSA) is 57.6 Å². The van der Waals surface area contributed by atoms with Crippen LogP contribution < -0.4 is 0 Å². The zero-order valence-electron chi connectivity index (χ0n) is 12.5. The Morgan fingerprint density at radius 3 is 2.62 bits per heavy atom. The van der Waals surface area contributed by atoms with Crippen molar-refractivity contribution in [2.75, 3.05) is 18.8 Å². The largest absolute Gasteiger partial charge is 0.480 e. The smallest absolute Gasteiger partial charge is 0.323 e. The van der Waals surface area contributed by atoms with Crippen LogP contribution in [0.4, 0.5) is 0 Å². The summed E-state index contributed by atoms with van der Waals surface area (Å²) in [6.07, 6.45) is 1.86. The van der Waals surface area contributed by atoms with Crippen molar-refractivity contribution in [3.8, 4) is 0 Å². The number of carbonyl (C=O) groups excluding carboxylic acids is 1. The van der Waals surface area contributed by atoms with E-state index in [1.54, 1.807) is 11.8 Å². The Kier molecular flexibility index (Phi) is 7.02. The molecule has 1 amide bonds. The van der Waals surface area contributed by atoms with Crippen molar-refractivity contribution in [3.63, 3.8) is 0 Å². The number of thioether (sulfide) groups is 1. The summed E-state index contributed by atoms with van der Waals surface area (Å²) < 4.78 is 0. The lowest BCUT2D eigenvalue weighted by atomic mass is 10.1. The van der Waals surface area contributed by atoms with Gasteiger partial charge in [0, 0.05) is 23.6 Å². The van der Waals surface area contributed by atoms with E-state index >= 15 is 0 Å². The fraction of sp³-hybridized carbons (Fsp3) is 0.375. The third-order valence-corrected chi connectivity index (χ3v) is 4.09. The second kappa shape index (κ2) is 8.52. The van der Waals surface area contributed by atoms with E-state index in [0.717, 1.165) is 4.90 Å². The van der Waals surface area contributed by atoms with Crippen LogP contribution in [0.25, 0.3) is 0 Å². The highest BCUT2D eigenvalue weighted by molar-refractivity contribution is 7.99. The molecule has 0 atom stereocenters. The average molecular weight is 307 g/mol. The fourth-order valence-electron chi connectivity index (χ4n) is 1.79. The summed E-state index contributed by atoms with van der Waals surface area (Å²) in [6, 6.07) is 6.20. The summed E-state index contributed by atoms with van der Waals surface area (Å²) >= 11 is 1.61. The predicted octanol–water partition coefficient (Wildman–Crippen LogP) is 2.88. The molecule has 0 spiro atoms. The van der Waals surface area contributed by atoms with Crippen LogP contribution in [-0.4, -0.2) is 40.7 Å². The number of aliphatic carboxylic acids is 1. The van der Waals surface area contributed by atoms with Crippen LogP contribution in [0.15, 0.2) is 35.7 Å². The Morgan fingerprint density at radius 1 is 1.33 bits per heavy atom. The highest BCUT2D eigenvalue weighted by Gasteiger charge is 2.15. The van der Waals surface area contributed by atoms with Gasteiger partial charge in [0.25, 0.3) is 0 Å². The van der Waals surface area contributed by atoms with Crippen molar-refractivity contribution in [1.29, 1.82) is 0 Å². The van der Waals surface area contributed by atoms with E-state index in [1.165, 1.54) is 22.1 Å². The molecule has 0 fully saturated rings. The SMILES string of the molecule is C=CCN(CC(=O)O)C(=O)CCSc1ccc(C)c(C)c1. The van der Waals surface area contributed by atoms with Gasteiger partial charge in [-0.2, -0.15) is 0 Å². The molecule has 0 radical (unpaired) electrons. The normalized spacial score (nSPS) is 10.2. The third kappa shape index (κ3) is 6.04. The Labute approximate surface area is 129 Å². The van der Waals surface area contributed by atoms with Gasteiger partial charge in [0.1, 0.15) is 6.54 Å². The molecule has 21 heavy (non-hydrogen) atoms. The summed E-state index contributed by atoms with van der Waals surface area (Å²) in [5.41, 5.74) is 2.47. The maximum absolute atomic E-state index is 12.0. The van der Waals surface area contributed by atoms with Crippen LogP contribution in [0.2, 0.25) is 0 Å². The monoisotopic (exact) mass is 307 g/mol.